The smallest absolute Gasteiger partial charge is 0.313 e. The fourth-order valence-electron chi connectivity index (χ4n) is 1.95. The summed E-state index contributed by atoms with van der Waals surface area (Å²) in [5.74, 6) is -0.157. The minimum atomic E-state index is -0.900. The second kappa shape index (κ2) is 4.88. The third-order valence-corrected chi connectivity index (χ3v) is 3.68. The summed E-state index contributed by atoms with van der Waals surface area (Å²) in [6, 6.07) is 7.57. The van der Waals surface area contributed by atoms with E-state index >= 15 is 0 Å². The molecule has 2 heterocycles. The van der Waals surface area contributed by atoms with Gasteiger partial charge in [-0.3, -0.25) is 4.79 Å². The zero-order chi connectivity index (χ0) is 13.2. The Labute approximate surface area is 112 Å². The van der Waals surface area contributed by atoms with E-state index in [2.05, 4.69) is 15.5 Å². The van der Waals surface area contributed by atoms with Gasteiger partial charge in [0.1, 0.15) is 18.4 Å². The molecule has 0 saturated carbocycles. The number of para-hydroxylation sites is 1. The van der Waals surface area contributed by atoms with Crippen LogP contribution in [0.15, 0.2) is 29.4 Å². The number of tetrazole rings is 1. The summed E-state index contributed by atoms with van der Waals surface area (Å²) in [5, 5.41) is 20.6. The Kier molecular flexibility index (Phi) is 3.08. The molecular weight excluding hydrogens is 268 g/mol. The van der Waals surface area contributed by atoms with Crippen molar-refractivity contribution in [2.45, 2.75) is 11.2 Å². The van der Waals surface area contributed by atoms with Crippen LogP contribution in [0.2, 0.25) is 0 Å². The van der Waals surface area contributed by atoms with E-state index in [4.69, 9.17) is 9.84 Å². The second-order valence-electron chi connectivity index (χ2n) is 3.95. The van der Waals surface area contributed by atoms with Crippen molar-refractivity contribution in [2.75, 3.05) is 12.4 Å². The molecule has 7 nitrogen and oxygen atoms in total. The summed E-state index contributed by atoms with van der Waals surface area (Å²) in [5.41, 5.74) is 1.01. The molecule has 0 aliphatic carbocycles. The van der Waals surface area contributed by atoms with Crippen LogP contribution in [0.4, 0.5) is 0 Å². The van der Waals surface area contributed by atoms with Crippen molar-refractivity contribution in [3.63, 3.8) is 0 Å². The monoisotopic (exact) mass is 278 g/mol. The van der Waals surface area contributed by atoms with E-state index < -0.39 is 5.97 Å². The fourth-order valence-corrected chi connectivity index (χ4v) is 2.59. The lowest BCUT2D eigenvalue weighted by atomic mass is 10.1. The van der Waals surface area contributed by atoms with Gasteiger partial charge in [0.15, 0.2) is 0 Å². The summed E-state index contributed by atoms with van der Waals surface area (Å²) in [6.07, 6.45) is 0. The molecule has 98 valence electrons. The molecule has 1 aromatic heterocycles. The van der Waals surface area contributed by atoms with Crippen molar-refractivity contribution in [3.05, 3.63) is 29.8 Å². The highest BCUT2D eigenvalue weighted by Gasteiger charge is 2.28. The number of benzene rings is 1. The first-order chi connectivity index (χ1) is 9.25. The lowest BCUT2D eigenvalue weighted by molar-refractivity contribution is -0.133. The van der Waals surface area contributed by atoms with E-state index in [0.29, 0.717) is 11.8 Å². The number of carbonyl (C=O) groups is 1. The number of carboxylic acid groups (broad SMARTS) is 1. The largest absolute Gasteiger partial charge is 0.491 e. The number of nitrogens with zero attached hydrogens (tertiary/aromatic N) is 4. The second-order valence-corrected chi connectivity index (χ2v) is 4.90. The maximum absolute atomic E-state index is 10.6. The molecule has 0 spiro atoms. The van der Waals surface area contributed by atoms with Crippen LogP contribution in [-0.4, -0.2) is 43.6 Å². The molecule has 0 bridgehead atoms. The predicted octanol–water partition coefficient (Wildman–Crippen LogP) is 0.832. The molecule has 1 aliphatic rings. The van der Waals surface area contributed by atoms with E-state index in [1.807, 2.05) is 24.3 Å². The van der Waals surface area contributed by atoms with Crippen molar-refractivity contribution in [1.29, 1.82) is 0 Å². The molecule has 8 heteroatoms. The van der Waals surface area contributed by atoms with Crippen LogP contribution < -0.4 is 4.74 Å². The number of rotatable bonds is 4. The summed E-state index contributed by atoms with van der Waals surface area (Å²) in [6.45, 7) is 0.449. The van der Waals surface area contributed by atoms with Gasteiger partial charge >= 0.3 is 5.97 Å². The van der Waals surface area contributed by atoms with Gasteiger partial charge < -0.3 is 9.84 Å². The molecule has 2 aromatic rings. The fraction of sp³-hybridized carbons (Fsp3) is 0.273. The van der Waals surface area contributed by atoms with Gasteiger partial charge in [0, 0.05) is 5.56 Å². The van der Waals surface area contributed by atoms with Gasteiger partial charge in [0.2, 0.25) is 5.16 Å². The van der Waals surface area contributed by atoms with Crippen molar-refractivity contribution in [2.24, 2.45) is 0 Å². The molecule has 3 rings (SSSR count). The van der Waals surface area contributed by atoms with Crippen LogP contribution in [0.25, 0.3) is 0 Å². The van der Waals surface area contributed by atoms with E-state index in [0.717, 1.165) is 23.1 Å². The number of aliphatic carboxylic acids is 1. The first kappa shape index (κ1) is 12.0. The van der Waals surface area contributed by atoms with Crippen LogP contribution in [0.3, 0.4) is 0 Å². The molecular formula is C11H10N4O3S. The number of hydrogen-bond donors (Lipinski definition) is 1. The van der Waals surface area contributed by atoms with E-state index in [1.165, 1.54) is 0 Å². The highest BCUT2D eigenvalue weighted by molar-refractivity contribution is 7.99. The lowest BCUT2D eigenvalue weighted by Gasteiger charge is -2.10. The van der Waals surface area contributed by atoms with Gasteiger partial charge in [0.05, 0.1) is 5.75 Å². The number of ether oxygens (including phenoxy) is 1. The lowest BCUT2D eigenvalue weighted by Crippen LogP contribution is -2.15. The highest BCUT2D eigenvalue weighted by atomic mass is 32.2. The number of carboxylic acids is 1. The molecule has 0 amide bonds. The van der Waals surface area contributed by atoms with Crippen LogP contribution in [-0.2, 0) is 4.79 Å². The normalized spacial score (nSPS) is 16.9. The maximum Gasteiger partial charge on any atom is 0.313 e. The Morgan fingerprint density at radius 2 is 2.37 bits per heavy atom. The quantitative estimate of drug-likeness (QED) is 0.828. The molecule has 1 atom stereocenters. The molecule has 0 radical (unpaired) electrons. The number of thioether (sulfide) groups is 1. The van der Waals surface area contributed by atoms with Gasteiger partial charge in [-0.1, -0.05) is 30.0 Å². The Morgan fingerprint density at radius 1 is 1.53 bits per heavy atom. The molecule has 0 saturated heterocycles. The van der Waals surface area contributed by atoms with Crippen molar-refractivity contribution < 1.29 is 14.6 Å². The molecule has 1 aromatic carbocycles. The van der Waals surface area contributed by atoms with Crippen molar-refractivity contribution >= 4 is 17.7 Å². The minimum Gasteiger partial charge on any atom is -0.491 e. The van der Waals surface area contributed by atoms with Gasteiger partial charge in [-0.05, 0) is 16.5 Å². The summed E-state index contributed by atoms with van der Waals surface area (Å²) in [4.78, 5) is 10.6. The first-order valence-corrected chi connectivity index (χ1v) is 6.58. The molecule has 19 heavy (non-hydrogen) atoms. The summed E-state index contributed by atoms with van der Waals surface area (Å²) >= 11 is 1.10. The molecule has 0 fully saturated rings. The van der Waals surface area contributed by atoms with Crippen LogP contribution in [0.5, 0.6) is 5.75 Å². The summed E-state index contributed by atoms with van der Waals surface area (Å²) < 4.78 is 7.18. The topological polar surface area (TPSA) is 90.1 Å². The average molecular weight is 278 g/mol. The SMILES string of the molecule is O=C(O)CSc1nnnn1C1COc2ccccc21. The van der Waals surface area contributed by atoms with E-state index in [-0.39, 0.29) is 11.8 Å². The zero-order valence-corrected chi connectivity index (χ0v) is 10.6. The summed E-state index contributed by atoms with van der Waals surface area (Å²) in [7, 11) is 0. The highest BCUT2D eigenvalue weighted by Crippen LogP contribution is 2.35. The number of hydrogen-bond acceptors (Lipinski definition) is 6. The zero-order valence-electron chi connectivity index (χ0n) is 9.76. The molecule has 1 N–H and O–H groups in total. The molecule has 1 aliphatic heterocycles. The predicted molar refractivity (Wildman–Crippen MR) is 66.3 cm³/mol. The Hall–Kier alpha value is -2.09. The van der Waals surface area contributed by atoms with Crippen molar-refractivity contribution in [3.8, 4) is 5.75 Å². The van der Waals surface area contributed by atoms with E-state index in [1.54, 1.807) is 4.68 Å². The first-order valence-electron chi connectivity index (χ1n) is 5.60. The van der Waals surface area contributed by atoms with Gasteiger partial charge in [0.25, 0.3) is 0 Å². The van der Waals surface area contributed by atoms with Crippen LogP contribution in [0.1, 0.15) is 11.6 Å². The number of aromatic nitrogens is 4. The third-order valence-electron chi connectivity index (χ3n) is 2.76. The third kappa shape index (κ3) is 2.26. The average Bonchev–Trinajstić information content (AvgIpc) is 3.02. The van der Waals surface area contributed by atoms with Crippen LogP contribution >= 0.6 is 11.8 Å². The van der Waals surface area contributed by atoms with Gasteiger partial charge in [-0.25, -0.2) is 4.68 Å². The molecule has 1 unspecified atom stereocenters. The van der Waals surface area contributed by atoms with Crippen molar-refractivity contribution in [1.82, 2.24) is 20.2 Å². The van der Waals surface area contributed by atoms with Gasteiger partial charge in [-0.2, -0.15) is 0 Å². The standard InChI is InChI=1S/C11H10N4O3S/c16-10(17)6-19-11-12-13-14-15(11)8-5-18-9-4-2-1-3-7(8)9/h1-4,8H,5-6H2,(H,16,17). The Bertz CT molecular complexity index is 615. The van der Waals surface area contributed by atoms with Gasteiger partial charge in [-0.15, -0.1) is 5.10 Å². The Balaban J connectivity index is 1.88. The Morgan fingerprint density at radius 3 is 3.21 bits per heavy atom. The minimum absolute atomic E-state index is 0.0738. The number of fused-ring (bicyclic) bond motifs is 1. The van der Waals surface area contributed by atoms with E-state index in [9.17, 15) is 4.79 Å². The van der Waals surface area contributed by atoms with Crippen LogP contribution in [0, 0.1) is 0 Å². The maximum atomic E-state index is 10.6.